The smallest absolute Gasteiger partial charge is 0.0964 e. The van der Waals surface area contributed by atoms with Crippen molar-refractivity contribution in [3.63, 3.8) is 0 Å². The molecule has 0 aliphatic carbocycles. The van der Waals surface area contributed by atoms with Gasteiger partial charge in [-0.2, -0.15) is 0 Å². The number of hydrogen-bond acceptors (Lipinski definition) is 4. The maximum absolute atomic E-state index is 6.15. The SMILES string of the molecule is Cc1nc(C2CCOCC2)sc1C(C)(C)N. The topological polar surface area (TPSA) is 48.1 Å². The highest BCUT2D eigenvalue weighted by atomic mass is 32.1. The summed E-state index contributed by atoms with van der Waals surface area (Å²) in [4.78, 5) is 5.90. The minimum atomic E-state index is -0.273. The van der Waals surface area contributed by atoms with Crippen LogP contribution in [0.2, 0.25) is 0 Å². The number of rotatable bonds is 2. The number of nitrogens with two attached hydrogens (primary N) is 1. The molecule has 1 aliphatic rings. The van der Waals surface area contributed by atoms with Gasteiger partial charge in [0, 0.05) is 29.5 Å². The predicted molar refractivity (Wildman–Crippen MR) is 66.9 cm³/mol. The summed E-state index contributed by atoms with van der Waals surface area (Å²) in [5.74, 6) is 0.577. The first kappa shape index (κ1) is 12.0. The molecular weight excluding hydrogens is 220 g/mol. The van der Waals surface area contributed by atoms with Gasteiger partial charge in [-0.15, -0.1) is 11.3 Å². The molecule has 2 rings (SSSR count). The fourth-order valence-corrected chi connectivity index (χ4v) is 3.38. The molecule has 1 aromatic rings. The summed E-state index contributed by atoms with van der Waals surface area (Å²) >= 11 is 1.78. The molecule has 16 heavy (non-hydrogen) atoms. The lowest BCUT2D eigenvalue weighted by atomic mass is 10.0. The standard InChI is InChI=1S/C12H20N2OS/c1-8-10(12(2,3)13)16-11(14-8)9-4-6-15-7-5-9/h9H,4-7,13H2,1-3H3. The molecule has 3 nitrogen and oxygen atoms in total. The van der Waals surface area contributed by atoms with Crippen molar-refractivity contribution >= 4 is 11.3 Å². The fraction of sp³-hybridized carbons (Fsp3) is 0.750. The summed E-state index contributed by atoms with van der Waals surface area (Å²) in [6.07, 6.45) is 2.19. The zero-order chi connectivity index (χ0) is 11.8. The second-order valence-corrected chi connectivity index (χ2v) is 6.11. The molecule has 2 heterocycles. The maximum atomic E-state index is 6.15. The van der Waals surface area contributed by atoms with Crippen molar-refractivity contribution in [2.45, 2.75) is 45.1 Å². The number of hydrogen-bond donors (Lipinski definition) is 1. The van der Waals surface area contributed by atoms with E-state index in [2.05, 4.69) is 11.9 Å². The first-order valence-corrected chi connectivity index (χ1v) is 6.64. The Balaban J connectivity index is 2.23. The molecule has 0 amide bonds. The molecule has 1 saturated heterocycles. The number of nitrogens with zero attached hydrogens (tertiary/aromatic N) is 1. The number of aryl methyl sites for hydroxylation is 1. The molecule has 4 heteroatoms. The predicted octanol–water partition coefficient (Wildman–Crippen LogP) is 2.54. The van der Waals surface area contributed by atoms with Crippen molar-refractivity contribution in [3.05, 3.63) is 15.6 Å². The Kier molecular flexibility index (Phi) is 3.33. The van der Waals surface area contributed by atoms with Crippen LogP contribution in [0.5, 0.6) is 0 Å². The van der Waals surface area contributed by atoms with Crippen LogP contribution in [0, 0.1) is 6.92 Å². The molecule has 1 aromatic heterocycles. The monoisotopic (exact) mass is 240 g/mol. The van der Waals surface area contributed by atoms with Gasteiger partial charge >= 0.3 is 0 Å². The Morgan fingerprint density at radius 1 is 1.38 bits per heavy atom. The minimum absolute atomic E-state index is 0.273. The summed E-state index contributed by atoms with van der Waals surface area (Å²) in [7, 11) is 0. The van der Waals surface area contributed by atoms with Crippen LogP contribution in [-0.4, -0.2) is 18.2 Å². The van der Waals surface area contributed by atoms with E-state index in [-0.39, 0.29) is 5.54 Å². The molecule has 0 aromatic carbocycles. The van der Waals surface area contributed by atoms with Crippen LogP contribution in [0.3, 0.4) is 0 Å². The van der Waals surface area contributed by atoms with Crippen LogP contribution in [0.1, 0.15) is 48.2 Å². The summed E-state index contributed by atoms with van der Waals surface area (Å²) in [5, 5.41) is 1.24. The highest BCUT2D eigenvalue weighted by Crippen LogP contribution is 2.35. The molecule has 0 saturated carbocycles. The molecule has 90 valence electrons. The van der Waals surface area contributed by atoms with Gasteiger partial charge in [0.25, 0.3) is 0 Å². The molecule has 0 unspecified atom stereocenters. The van der Waals surface area contributed by atoms with E-state index < -0.39 is 0 Å². The summed E-state index contributed by atoms with van der Waals surface area (Å²) in [6, 6.07) is 0. The lowest BCUT2D eigenvalue weighted by Crippen LogP contribution is -2.28. The van der Waals surface area contributed by atoms with E-state index in [0.29, 0.717) is 5.92 Å². The average molecular weight is 240 g/mol. The van der Waals surface area contributed by atoms with Gasteiger partial charge in [-0.25, -0.2) is 4.98 Å². The van der Waals surface area contributed by atoms with Crippen LogP contribution < -0.4 is 5.73 Å². The van der Waals surface area contributed by atoms with Crippen molar-refractivity contribution in [2.24, 2.45) is 5.73 Å². The van der Waals surface area contributed by atoms with Crippen molar-refractivity contribution < 1.29 is 4.74 Å². The molecule has 1 aliphatic heterocycles. The Morgan fingerprint density at radius 3 is 2.50 bits per heavy atom. The molecule has 0 bridgehead atoms. The van der Waals surface area contributed by atoms with Gasteiger partial charge in [0.05, 0.1) is 10.7 Å². The van der Waals surface area contributed by atoms with Gasteiger partial charge in [-0.05, 0) is 33.6 Å². The fourth-order valence-electron chi connectivity index (χ4n) is 2.13. The molecule has 1 fully saturated rings. The lowest BCUT2D eigenvalue weighted by molar-refractivity contribution is 0.0852. The van der Waals surface area contributed by atoms with Gasteiger partial charge in [0.1, 0.15) is 0 Å². The molecular formula is C12H20N2OS. The summed E-state index contributed by atoms with van der Waals surface area (Å²) in [5.41, 5.74) is 6.97. The van der Waals surface area contributed by atoms with Crippen LogP contribution in [0.4, 0.5) is 0 Å². The third-order valence-corrected chi connectivity index (χ3v) is 4.63. The van der Waals surface area contributed by atoms with E-state index in [1.54, 1.807) is 11.3 Å². The van der Waals surface area contributed by atoms with E-state index in [4.69, 9.17) is 10.5 Å². The summed E-state index contributed by atoms with van der Waals surface area (Å²) < 4.78 is 5.38. The second kappa shape index (κ2) is 4.43. The van der Waals surface area contributed by atoms with Crippen LogP contribution >= 0.6 is 11.3 Å². The molecule has 0 atom stereocenters. The normalized spacial score (nSPS) is 19.0. The van der Waals surface area contributed by atoms with E-state index in [1.807, 2.05) is 13.8 Å². The van der Waals surface area contributed by atoms with E-state index >= 15 is 0 Å². The molecule has 2 N–H and O–H groups in total. The zero-order valence-electron chi connectivity index (χ0n) is 10.2. The Bertz CT molecular complexity index is 362. The van der Waals surface area contributed by atoms with Gasteiger partial charge in [0.15, 0.2) is 0 Å². The van der Waals surface area contributed by atoms with E-state index in [9.17, 15) is 0 Å². The van der Waals surface area contributed by atoms with Gasteiger partial charge in [-0.1, -0.05) is 0 Å². The van der Waals surface area contributed by atoms with Crippen molar-refractivity contribution in [3.8, 4) is 0 Å². The third kappa shape index (κ3) is 2.44. The van der Waals surface area contributed by atoms with Crippen LogP contribution in [0.15, 0.2) is 0 Å². The van der Waals surface area contributed by atoms with Gasteiger partial charge < -0.3 is 10.5 Å². The Morgan fingerprint density at radius 2 is 2.00 bits per heavy atom. The van der Waals surface area contributed by atoms with Crippen molar-refractivity contribution in [1.82, 2.24) is 4.98 Å². The van der Waals surface area contributed by atoms with Crippen molar-refractivity contribution in [1.29, 1.82) is 0 Å². The quantitative estimate of drug-likeness (QED) is 0.864. The van der Waals surface area contributed by atoms with Crippen LogP contribution in [-0.2, 0) is 10.3 Å². The highest BCUT2D eigenvalue weighted by molar-refractivity contribution is 7.12. The highest BCUT2D eigenvalue weighted by Gasteiger charge is 2.25. The molecule has 0 spiro atoms. The van der Waals surface area contributed by atoms with Gasteiger partial charge in [0.2, 0.25) is 0 Å². The zero-order valence-corrected chi connectivity index (χ0v) is 11.1. The Hall–Kier alpha value is -0.450. The number of thiazole rings is 1. The Labute approximate surface area is 101 Å². The number of aromatic nitrogens is 1. The van der Waals surface area contributed by atoms with E-state index in [1.165, 1.54) is 9.88 Å². The lowest BCUT2D eigenvalue weighted by Gasteiger charge is -2.20. The minimum Gasteiger partial charge on any atom is -0.381 e. The van der Waals surface area contributed by atoms with Crippen LogP contribution in [0.25, 0.3) is 0 Å². The maximum Gasteiger partial charge on any atom is 0.0964 e. The largest absolute Gasteiger partial charge is 0.381 e. The first-order valence-electron chi connectivity index (χ1n) is 5.83. The first-order chi connectivity index (χ1) is 7.48. The molecule has 0 radical (unpaired) electrons. The summed E-state index contributed by atoms with van der Waals surface area (Å²) in [6.45, 7) is 7.88. The number of ether oxygens (including phenoxy) is 1. The average Bonchev–Trinajstić information content (AvgIpc) is 2.61. The third-order valence-electron chi connectivity index (χ3n) is 2.97. The van der Waals surface area contributed by atoms with E-state index in [0.717, 1.165) is 31.7 Å². The second-order valence-electron chi connectivity index (χ2n) is 5.07. The van der Waals surface area contributed by atoms with Crippen molar-refractivity contribution in [2.75, 3.05) is 13.2 Å². The van der Waals surface area contributed by atoms with Gasteiger partial charge in [-0.3, -0.25) is 0 Å².